The summed E-state index contributed by atoms with van der Waals surface area (Å²) in [4.78, 5) is 23.6. The van der Waals surface area contributed by atoms with Crippen molar-refractivity contribution in [2.24, 2.45) is 0 Å². The number of carbonyl (C=O) groups excluding carboxylic acids is 2. The highest BCUT2D eigenvalue weighted by molar-refractivity contribution is 5.94. The van der Waals surface area contributed by atoms with Gasteiger partial charge in [-0.05, 0) is 44.2 Å². The number of amides is 1. The Kier molecular flexibility index (Phi) is 4.71. The summed E-state index contributed by atoms with van der Waals surface area (Å²) in [6.07, 6.45) is 3.35. The van der Waals surface area contributed by atoms with E-state index in [0.717, 1.165) is 0 Å². The van der Waals surface area contributed by atoms with E-state index in [1.807, 2.05) is 0 Å². The van der Waals surface area contributed by atoms with Crippen LogP contribution in [-0.2, 0) is 9.53 Å². The number of ether oxygens (including phenoxy) is 1. The lowest BCUT2D eigenvalue weighted by Gasteiger charge is -2.12. The monoisotopic (exact) mass is 287 g/mol. The molecule has 0 bridgehead atoms. The minimum atomic E-state index is -0.412. The highest BCUT2D eigenvalue weighted by Gasteiger charge is 2.15. The smallest absolute Gasteiger partial charge is 0.338 e. The van der Waals surface area contributed by atoms with Crippen LogP contribution < -0.4 is 5.32 Å². The van der Waals surface area contributed by atoms with E-state index < -0.39 is 6.04 Å². The second kappa shape index (κ2) is 6.69. The molecule has 0 fully saturated rings. The van der Waals surface area contributed by atoms with Gasteiger partial charge in [0.15, 0.2) is 0 Å². The molecule has 0 radical (unpaired) electrons. The van der Waals surface area contributed by atoms with E-state index in [1.165, 1.54) is 0 Å². The molecule has 6 nitrogen and oxygen atoms in total. The molecule has 0 unspecified atom stereocenters. The number of aromatic nitrogens is 2. The molecule has 0 aliphatic heterocycles. The van der Waals surface area contributed by atoms with Crippen molar-refractivity contribution < 1.29 is 14.3 Å². The number of hydrogen-bond donors (Lipinski definition) is 1. The summed E-state index contributed by atoms with van der Waals surface area (Å²) in [5.41, 5.74) is 1.07. The van der Waals surface area contributed by atoms with Gasteiger partial charge in [0.05, 0.1) is 12.2 Å². The molecule has 1 aromatic heterocycles. The van der Waals surface area contributed by atoms with E-state index in [0.29, 0.717) is 17.9 Å². The van der Waals surface area contributed by atoms with E-state index in [1.54, 1.807) is 61.3 Å². The highest BCUT2D eigenvalue weighted by atomic mass is 16.5. The van der Waals surface area contributed by atoms with E-state index in [-0.39, 0.29) is 11.9 Å². The Morgan fingerprint density at radius 3 is 2.62 bits per heavy atom. The van der Waals surface area contributed by atoms with Crippen LogP contribution in [0.4, 0.5) is 5.69 Å². The van der Waals surface area contributed by atoms with Crippen LogP contribution in [0.15, 0.2) is 42.7 Å². The summed E-state index contributed by atoms with van der Waals surface area (Å²) < 4.78 is 6.47. The van der Waals surface area contributed by atoms with Crippen LogP contribution in [0.1, 0.15) is 30.2 Å². The van der Waals surface area contributed by atoms with Crippen LogP contribution in [0.5, 0.6) is 0 Å². The van der Waals surface area contributed by atoms with Gasteiger partial charge in [-0.3, -0.25) is 9.48 Å². The van der Waals surface area contributed by atoms with Crippen LogP contribution in [-0.4, -0.2) is 28.3 Å². The topological polar surface area (TPSA) is 73.2 Å². The third-order valence-corrected chi connectivity index (χ3v) is 2.96. The SMILES string of the molecule is CCOC(=O)c1ccc(NC(=O)[C@@H](C)n2cccn2)cc1. The molecule has 0 aliphatic rings. The van der Waals surface area contributed by atoms with E-state index in [9.17, 15) is 9.59 Å². The Morgan fingerprint density at radius 2 is 2.05 bits per heavy atom. The Labute approximate surface area is 122 Å². The zero-order chi connectivity index (χ0) is 15.2. The zero-order valence-corrected chi connectivity index (χ0v) is 11.9. The maximum absolute atomic E-state index is 12.1. The normalized spacial score (nSPS) is 11.7. The van der Waals surface area contributed by atoms with Gasteiger partial charge in [0.2, 0.25) is 5.91 Å². The standard InChI is InChI=1S/C15H17N3O3/c1-3-21-15(20)12-5-7-13(8-6-12)17-14(19)11(2)18-10-4-9-16-18/h4-11H,3H2,1-2H3,(H,17,19)/t11-/m1/s1. The van der Waals surface area contributed by atoms with Crippen molar-refractivity contribution in [2.75, 3.05) is 11.9 Å². The number of benzene rings is 1. The van der Waals surface area contributed by atoms with Gasteiger partial charge in [0.25, 0.3) is 0 Å². The first-order valence-corrected chi connectivity index (χ1v) is 6.69. The molecule has 1 N–H and O–H groups in total. The predicted molar refractivity (Wildman–Crippen MR) is 78.0 cm³/mol. The summed E-state index contributed by atoms with van der Waals surface area (Å²) in [5.74, 6) is -0.553. The number of carbonyl (C=O) groups is 2. The van der Waals surface area contributed by atoms with Crippen LogP contribution in [0.2, 0.25) is 0 Å². The molecule has 1 amide bonds. The molecule has 110 valence electrons. The first-order valence-electron chi connectivity index (χ1n) is 6.69. The lowest BCUT2D eigenvalue weighted by molar-refractivity contribution is -0.119. The Bertz CT molecular complexity index is 606. The molecule has 2 rings (SSSR count). The van der Waals surface area contributed by atoms with Gasteiger partial charge in [0.1, 0.15) is 6.04 Å². The summed E-state index contributed by atoms with van der Waals surface area (Å²) in [6, 6.07) is 7.92. The summed E-state index contributed by atoms with van der Waals surface area (Å²) in [7, 11) is 0. The first kappa shape index (κ1) is 14.8. The average molecular weight is 287 g/mol. The molecule has 0 saturated carbocycles. The fourth-order valence-electron chi connectivity index (χ4n) is 1.78. The quantitative estimate of drug-likeness (QED) is 0.856. The van der Waals surface area contributed by atoms with Gasteiger partial charge in [-0.1, -0.05) is 0 Å². The van der Waals surface area contributed by atoms with Crippen LogP contribution in [0, 0.1) is 0 Å². The number of hydrogen-bond acceptors (Lipinski definition) is 4. The molecule has 1 heterocycles. The Morgan fingerprint density at radius 1 is 1.33 bits per heavy atom. The Balaban J connectivity index is 2.00. The van der Waals surface area contributed by atoms with Crippen molar-refractivity contribution in [2.45, 2.75) is 19.9 Å². The lowest BCUT2D eigenvalue weighted by atomic mass is 10.2. The second-order valence-electron chi connectivity index (χ2n) is 4.45. The molecular weight excluding hydrogens is 270 g/mol. The van der Waals surface area contributed by atoms with Crippen molar-refractivity contribution >= 4 is 17.6 Å². The molecule has 2 aromatic rings. The minimum Gasteiger partial charge on any atom is -0.462 e. The largest absolute Gasteiger partial charge is 0.462 e. The van der Waals surface area contributed by atoms with Gasteiger partial charge in [0, 0.05) is 18.1 Å². The van der Waals surface area contributed by atoms with Gasteiger partial charge in [-0.15, -0.1) is 0 Å². The molecule has 0 spiro atoms. The second-order valence-corrected chi connectivity index (χ2v) is 4.45. The van der Waals surface area contributed by atoms with Crippen molar-refractivity contribution in [3.63, 3.8) is 0 Å². The van der Waals surface area contributed by atoms with Crippen molar-refractivity contribution in [1.29, 1.82) is 0 Å². The maximum Gasteiger partial charge on any atom is 0.338 e. The molecule has 0 saturated heterocycles. The summed E-state index contributed by atoms with van der Waals surface area (Å²) >= 11 is 0. The third-order valence-electron chi connectivity index (χ3n) is 2.96. The van der Waals surface area contributed by atoms with Crippen molar-refractivity contribution in [3.8, 4) is 0 Å². The number of nitrogens with zero attached hydrogens (tertiary/aromatic N) is 2. The van der Waals surface area contributed by atoms with Gasteiger partial charge in [-0.2, -0.15) is 5.10 Å². The molecule has 0 aliphatic carbocycles. The first-order chi connectivity index (χ1) is 10.1. The average Bonchev–Trinajstić information content (AvgIpc) is 3.01. The maximum atomic E-state index is 12.1. The molecule has 1 atom stereocenters. The van der Waals surface area contributed by atoms with Crippen molar-refractivity contribution in [1.82, 2.24) is 9.78 Å². The van der Waals surface area contributed by atoms with E-state index >= 15 is 0 Å². The zero-order valence-electron chi connectivity index (χ0n) is 11.9. The van der Waals surface area contributed by atoms with E-state index in [2.05, 4.69) is 10.4 Å². The molecule has 21 heavy (non-hydrogen) atoms. The lowest BCUT2D eigenvalue weighted by Crippen LogP contribution is -2.24. The third kappa shape index (κ3) is 3.68. The van der Waals surface area contributed by atoms with Gasteiger partial charge >= 0.3 is 5.97 Å². The molecule has 6 heteroatoms. The van der Waals surface area contributed by atoms with Crippen LogP contribution >= 0.6 is 0 Å². The Hall–Kier alpha value is -2.63. The number of anilines is 1. The van der Waals surface area contributed by atoms with Crippen molar-refractivity contribution in [3.05, 3.63) is 48.3 Å². The summed E-state index contributed by atoms with van der Waals surface area (Å²) in [5, 5.41) is 6.81. The van der Waals surface area contributed by atoms with Crippen LogP contribution in [0.25, 0.3) is 0 Å². The molecular formula is C15H17N3O3. The highest BCUT2D eigenvalue weighted by Crippen LogP contribution is 2.13. The number of rotatable bonds is 5. The van der Waals surface area contributed by atoms with Crippen LogP contribution in [0.3, 0.4) is 0 Å². The van der Waals surface area contributed by atoms with Gasteiger partial charge < -0.3 is 10.1 Å². The number of esters is 1. The summed E-state index contributed by atoms with van der Waals surface area (Å²) in [6.45, 7) is 3.84. The fourth-order valence-corrected chi connectivity index (χ4v) is 1.78. The van der Waals surface area contributed by atoms with Gasteiger partial charge in [-0.25, -0.2) is 4.79 Å². The molecule has 1 aromatic carbocycles. The predicted octanol–water partition coefficient (Wildman–Crippen LogP) is 2.26. The minimum absolute atomic E-state index is 0.178. The van der Waals surface area contributed by atoms with E-state index in [4.69, 9.17) is 4.74 Å². The number of nitrogens with one attached hydrogen (secondary N) is 1. The fraction of sp³-hybridized carbons (Fsp3) is 0.267.